The summed E-state index contributed by atoms with van der Waals surface area (Å²) in [5.41, 5.74) is 5.69. The summed E-state index contributed by atoms with van der Waals surface area (Å²) in [6.45, 7) is 6.12. The quantitative estimate of drug-likeness (QED) is 0.870. The van der Waals surface area contributed by atoms with Gasteiger partial charge in [-0.25, -0.2) is 0 Å². The smallest absolute Gasteiger partial charge is 0.316 e. The zero-order chi connectivity index (χ0) is 13.1. The summed E-state index contributed by atoms with van der Waals surface area (Å²) >= 11 is 1.71. The molecule has 98 valence electrons. The van der Waals surface area contributed by atoms with Gasteiger partial charge in [-0.05, 0) is 24.3 Å². The Morgan fingerprint density at radius 1 is 1.33 bits per heavy atom. The van der Waals surface area contributed by atoms with E-state index in [0.717, 1.165) is 0 Å². The van der Waals surface area contributed by atoms with Gasteiger partial charge in [-0.2, -0.15) is 0 Å². The van der Waals surface area contributed by atoms with Crippen LogP contribution in [0.3, 0.4) is 0 Å². The second-order valence-electron chi connectivity index (χ2n) is 4.62. The molecule has 3 N–H and O–H groups in total. The Bertz CT molecular complexity index is 478. The van der Waals surface area contributed by atoms with E-state index >= 15 is 0 Å². The van der Waals surface area contributed by atoms with Crippen LogP contribution in [0.25, 0.3) is 0 Å². The molecule has 2 heterocycles. The lowest BCUT2D eigenvalue weighted by Crippen LogP contribution is -2.15. The largest absolute Gasteiger partial charge is 0.406 e. The molecule has 0 bridgehead atoms. The molecule has 0 fully saturated rings. The first-order valence-electron chi connectivity index (χ1n) is 5.97. The van der Waals surface area contributed by atoms with Crippen LogP contribution < -0.4 is 11.1 Å². The summed E-state index contributed by atoms with van der Waals surface area (Å²) in [7, 11) is 0. The summed E-state index contributed by atoms with van der Waals surface area (Å²) in [5.74, 6) is 0.875. The number of nitrogens with two attached hydrogens (primary N) is 1. The summed E-state index contributed by atoms with van der Waals surface area (Å²) in [4.78, 5) is 1.26. The van der Waals surface area contributed by atoms with Gasteiger partial charge in [0.25, 0.3) is 0 Å². The molecule has 2 atom stereocenters. The van der Waals surface area contributed by atoms with Gasteiger partial charge in [-0.1, -0.05) is 25.0 Å². The zero-order valence-electron chi connectivity index (χ0n) is 10.8. The highest BCUT2D eigenvalue weighted by Gasteiger charge is 2.19. The monoisotopic (exact) mass is 266 g/mol. The maximum absolute atomic E-state index is 5.69. The van der Waals surface area contributed by atoms with Crippen molar-refractivity contribution in [1.82, 2.24) is 10.2 Å². The molecule has 0 spiro atoms. The van der Waals surface area contributed by atoms with Gasteiger partial charge in [0, 0.05) is 4.88 Å². The van der Waals surface area contributed by atoms with E-state index in [4.69, 9.17) is 10.2 Å². The first-order chi connectivity index (χ1) is 8.58. The SMILES string of the molecule is CC(N)c1nnc(NC(c2cccs2)C(C)C)o1. The molecule has 2 aromatic rings. The van der Waals surface area contributed by atoms with E-state index in [2.05, 4.69) is 40.8 Å². The van der Waals surface area contributed by atoms with E-state index in [0.29, 0.717) is 17.8 Å². The van der Waals surface area contributed by atoms with Gasteiger partial charge in [0.1, 0.15) is 0 Å². The molecule has 5 nitrogen and oxygen atoms in total. The highest BCUT2D eigenvalue weighted by Crippen LogP contribution is 2.29. The maximum Gasteiger partial charge on any atom is 0.316 e. The molecular formula is C12H18N4OS. The van der Waals surface area contributed by atoms with Crippen molar-refractivity contribution in [3.63, 3.8) is 0 Å². The number of rotatable bonds is 5. The average molecular weight is 266 g/mol. The number of nitrogens with one attached hydrogen (secondary N) is 1. The molecule has 2 aromatic heterocycles. The Morgan fingerprint density at radius 2 is 2.11 bits per heavy atom. The molecule has 0 aliphatic rings. The van der Waals surface area contributed by atoms with Crippen LogP contribution in [-0.2, 0) is 0 Å². The van der Waals surface area contributed by atoms with Crippen molar-refractivity contribution in [3.05, 3.63) is 28.3 Å². The predicted octanol–water partition coefficient (Wildman–Crippen LogP) is 2.96. The number of thiophene rings is 1. The van der Waals surface area contributed by atoms with Gasteiger partial charge < -0.3 is 15.5 Å². The lowest BCUT2D eigenvalue weighted by Gasteiger charge is -2.19. The predicted molar refractivity (Wildman–Crippen MR) is 72.4 cm³/mol. The van der Waals surface area contributed by atoms with Crippen molar-refractivity contribution in [3.8, 4) is 0 Å². The van der Waals surface area contributed by atoms with Crippen LogP contribution in [0.2, 0.25) is 0 Å². The molecule has 18 heavy (non-hydrogen) atoms. The Hall–Kier alpha value is -1.40. The van der Waals surface area contributed by atoms with Gasteiger partial charge in [0.05, 0.1) is 12.1 Å². The highest BCUT2D eigenvalue weighted by atomic mass is 32.1. The van der Waals surface area contributed by atoms with Gasteiger partial charge in [0.15, 0.2) is 0 Å². The minimum atomic E-state index is -0.243. The van der Waals surface area contributed by atoms with Crippen LogP contribution >= 0.6 is 11.3 Å². The minimum absolute atomic E-state index is 0.173. The Balaban J connectivity index is 2.14. The average Bonchev–Trinajstić information content (AvgIpc) is 2.96. The summed E-state index contributed by atoms with van der Waals surface area (Å²) < 4.78 is 5.47. The molecular weight excluding hydrogens is 248 g/mol. The lowest BCUT2D eigenvalue weighted by molar-refractivity contribution is 0.457. The first kappa shape index (κ1) is 13.0. The lowest BCUT2D eigenvalue weighted by atomic mass is 10.0. The normalized spacial score (nSPS) is 14.7. The Labute approximate surface area is 110 Å². The molecule has 0 saturated heterocycles. The molecule has 0 aliphatic carbocycles. The number of hydrogen-bond donors (Lipinski definition) is 2. The summed E-state index contributed by atoms with van der Waals surface area (Å²) in [6.07, 6.45) is 0. The molecule has 0 aromatic carbocycles. The second kappa shape index (κ2) is 5.49. The van der Waals surface area contributed by atoms with E-state index < -0.39 is 0 Å². The first-order valence-corrected chi connectivity index (χ1v) is 6.85. The zero-order valence-corrected chi connectivity index (χ0v) is 11.6. The molecule has 2 unspecified atom stereocenters. The minimum Gasteiger partial charge on any atom is -0.406 e. The van der Waals surface area contributed by atoms with Gasteiger partial charge in [-0.15, -0.1) is 16.4 Å². The standard InChI is InChI=1S/C12H18N4OS/c1-7(2)10(9-5-4-6-18-9)14-12-16-15-11(17-12)8(3)13/h4-8,10H,13H2,1-3H3,(H,14,16). The van der Waals surface area contributed by atoms with E-state index in [9.17, 15) is 0 Å². The third-order valence-corrected chi connectivity index (χ3v) is 3.58. The fourth-order valence-corrected chi connectivity index (χ4v) is 2.59. The van der Waals surface area contributed by atoms with Crippen LogP contribution in [0.4, 0.5) is 6.01 Å². The molecule has 2 rings (SSSR count). The van der Waals surface area contributed by atoms with Crippen molar-refractivity contribution in [1.29, 1.82) is 0 Å². The molecule has 0 radical (unpaired) electrons. The van der Waals surface area contributed by atoms with Crippen LogP contribution in [0.15, 0.2) is 21.9 Å². The van der Waals surface area contributed by atoms with E-state index in [-0.39, 0.29) is 12.1 Å². The number of aromatic nitrogens is 2. The Morgan fingerprint density at radius 3 is 2.61 bits per heavy atom. The van der Waals surface area contributed by atoms with E-state index in [1.807, 2.05) is 13.0 Å². The molecule has 6 heteroatoms. The van der Waals surface area contributed by atoms with Crippen LogP contribution in [0, 0.1) is 5.92 Å². The fraction of sp³-hybridized carbons (Fsp3) is 0.500. The Kier molecular flexibility index (Phi) is 3.98. The van der Waals surface area contributed by atoms with Crippen LogP contribution in [-0.4, -0.2) is 10.2 Å². The van der Waals surface area contributed by atoms with Crippen LogP contribution in [0.5, 0.6) is 0 Å². The molecule has 0 saturated carbocycles. The van der Waals surface area contributed by atoms with E-state index in [1.165, 1.54) is 4.88 Å². The number of nitrogens with zero attached hydrogens (tertiary/aromatic N) is 2. The summed E-state index contributed by atoms with van der Waals surface area (Å²) in [5, 5.41) is 13.2. The highest BCUT2D eigenvalue weighted by molar-refractivity contribution is 7.10. The van der Waals surface area contributed by atoms with Crippen molar-refractivity contribution in [2.75, 3.05) is 5.32 Å². The maximum atomic E-state index is 5.69. The molecule has 0 aliphatic heterocycles. The third kappa shape index (κ3) is 2.88. The van der Waals surface area contributed by atoms with Crippen molar-refractivity contribution in [2.45, 2.75) is 32.9 Å². The van der Waals surface area contributed by atoms with Crippen molar-refractivity contribution >= 4 is 17.4 Å². The number of hydrogen-bond acceptors (Lipinski definition) is 6. The van der Waals surface area contributed by atoms with Gasteiger partial charge in [-0.3, -0.25) is 0 Å². The van der Waals surface area contributed by atoms with Crippen LogP contribution in [0.1, 0.15) is 43.6 Å². The molecule has 0 amide bonds. The summed E-state index contributed by atoms with van der Waals surface area (Å²) in [6, 6.07) is 4.50. The third-order valence-electron chi connectivity index (χ3n) is 2.63. The van der Waals surface area contributed by atoms with Gasteiger partial charge >= 0.3 is 6.01 Å². The second-order valence-corrected chi connectivity index (χ2v) is 5.59. The topological polar surface area (TPSA) is 77.0 Å². The fourth-order valence-electron chi connectivity index (χ4n) is 1.64. The number of anilines is 1. The van der Waals surface area contributed by atoms with Gasteiger partial charge in [0.2, 0.25) is 5.89 Å². The van der Waals surface area contributed by atoms with Crippen molar-refractivity contribution in [2.24, 2.45) is 11.7 Å². The van der Waals surface area contributed by atoms with Crippen molar-refractivity contribution < 1.29 is 4.42 Å². The van der Waals surface area contributed by atoms with E-state index in [1.54, 1.807) is 11.3 Å².